The molecule has 0 aliphatic carbocycles. The topological polar surface area (TPSA) is 37.3 Å². The summed E-state index contributed by atoms with van der Waals surface area (Å²) in [7, 11) is 0. The van der Waals surface area contributed by atoms with Crippen LogP contribution in [0.1, 0.15) is 6.92 Å². The minimum atomic E-state index is -0.935. The molecule has 1 N–H and O–H groups in total. The Morgan fingerprint density at radius 3 is 1.86 bits per heavy atom. The molecule has 0 aromatic carbocycles. The van der Waals surface area contributed by atoms with Gasteiger partial charge in [-0.15, -0.1) is 0 Å². The van der Waals surface area contributed by atoms with Crippen molar-refractivity contribution in [2.24, 2.45) is 0 Å². The Morgan fingerprint density at radius 1 is 1.71 bits per heavy atom. The first-order valence-electron chi connectivity index (χ1n) is 1.53. The molecule has 7 heavy (non-hydrogen) atoms. The van der Waals surface area contributed by atoms with E-state index in [0.29, 0.717) is 0 Å². The molecular weight excluding hydrogens is 253 g/mol. The molecule has 0 atom stereocenters. The van der Waals surface area contributed by atoms with Gasteiger partial charge in [-0.25, -0.2) is 4.79 Å². The molecule has 0 bridgehead atoms. The molecule has 48 valence electrons. The first kappa shape index (κ1) is 10.7. The number of aliphatic carboxylic acids is 1. The van der Waals surface area contributed by atoms with Crippen LogP contribution < -0.4 is 0 Å². The van der Waals surface area contributed by atoms with E-state index in [4.69, 9.17) is 5.11 Å². The molecule has 0 aromatic rings. The third kappa shape index (κ3) is 6.73. The molecule has 0 saturated heterocycles. The summed E-state index contributed by atoms with van der Waals surface area (Å²) < 4.78 is 0. The largest absolute Gasteiger partial charge is 0.478 e. The van der Waals surface area contributed by atoms with Crippen molar-refractivity contribution in [3.05, 3.63) is 12.2 Å². The fourth-order valence-corrected chi connectivity index (χ4v) is 0. The summed E-state index contributed by atoms with van der Waals surface area (Å²) in [6, 6.07) is 0. The molecule has 0 saturated carbocycles. The van der Waals surface area contributed by atoms with Crippen molar-refractivity contribution >= 4 is 5.97 Å². The van der Waals surface area contributed by atoms with Gasteiger partial charge >= 0.3 is 5.97 Å². The van der Waals surface area contributed by atoms with Crippen molar-refractivity contribution in [2.45, 2.75) is 6.92 Å². The second-order valence-electron chi connectivity index (χ2n) is 1.09. The van der Waals surface area contributed by atoms with Crippen LogP contribution in [0.15, 0.2) is 12.2 Å². The van der Waals surface area contributed by atoms with Gasteiger partial charge in [-0.1, -0.05) is 6.58 Å². The van der Waals surface area contributed by atoms with Gasteiger partial charge < -0.3 is 5.11 Å². The second-order valence-corrected chi connectivity index (χ2v) is 1.09. The fourth-order valence-electron chi connectivity index (χ4n) is 0. The molecule has 0 aliphatic heterocycles. The standard InChI is InChI=1S/C4H6O2.Yb/c1-3(2)4(5)6;/h1H2,2H3,(H,5,6);. The van der Waals surface area contributed by atoms with Crippen LogP contribution in [0, 0.1) is 46.9 Å². The van der Waals surface area contributed by atoms with Crippen LogP contribution in [-0.4, -0.2) is 11.1 Å². The maximum Gasteiger partial charge on any atom is 0.330 e. The Balaban J connectivity index is 0. The molecule has 0 aromatic heterocycles. The zero-order valence-corrected chi connectivity index (χ0v) is 5.54. The van der Waals surface area contributed by atoms with Crippen LogP contribution >= 0.6 is 0 Å². The minimum absolute atomic E-state index is 0. The molecule has 0 radical (unpaired) electrons. The third-order valence-corrected chi connectivity index (χ3v) is 0.365. The number of carboxylic acid groups (broad SMARTS) is 1. The zero-order chi connectivity index (χ0) is 5.15. The molecule has 0 fully saturated rings. The summed E-state index contributed by atoms with van der Waals surface area (Å²) in [5, 5.41) is 7.89. The van der Waals surface area contributed by atoms with E-state index in [1.54, 1.807) is 0 Å². The quantitative estimate of drug-likeness (QED) is 0.702. The Labute approximate surface area is 80.8 Å². The van der Waals surface area contributed by atoms with Crippen LogP contribution in [-0.2, 0) is 4.79 Å². The van der Waals surface area contributed by atoms with Gasteiger partial charge in [0.25, 0.3) is 0 Å². The minimum Gasteiger partial charge on any atom is -0.478 e. The Morgan fingerprint density at radius 2 is 1.86 bits per heavy atom. The Hall–Kier alpha value is 0.729. The van der Waals surface area contributed by atoms with Crippen molar-refractivity contribution in [3.63, 3.8) is 0 Å². The molecule has 2 nitrogen and oxygen atoms in total. The van der Waals surface area contributed by atoms with Gasteiger partial charge in [0.1, 0.15) is 0 Å². The van der Waals surface area contributed by atoms with Gasteiger partial charge in [0.2, 0.25) is 0 Å². The van der Waals surface area contributed by atoms with Gasteiger partial charge in [0.05, 0.1) is 0 Å². The molecule has 3 heteroatoms. The average Bonchev–Trinajstić information content (AvgIpc) is 1.36. The number of hydrogen-bond acceptors (Lipinski definition) is 1. The summed E-state index contributed by atoms with van der Waals surface area (Å²) in [6.45, 7) is 4.60. The monoisotopic (exact) mass is 260 g/mol. The Bertz CT molecular complexity index is 75.7. The Kier molecular flexibility index (Phi) is 7.43. The summed E-state index contributed by atoms with van der Waals surface area (Å²) >= 11 is 0. The number of carbonyl (C=O) groups is 1. The first-order chi connectivity index (χ1) is 2.64. The molecule has 0 aliphatic rings. The van der Waals surface area contributed by atoms with E-state index in [0.717, 1.165) is 0 Å². The van der Waals surface area contributed by atoms with Crippen LogP contribution in [0.3, 0.4) is 0 Å². The summed E-state index contributed by atoms with van der Waals surface area (Å²) in [5.41, 5.74) is 0.176. The summed E-state index contributed by atoms with van der Waals surface area (Å²) in [5.74, 6) is -0.935. The van der Waals surface area contributed by atoms with E-state index < -0.39 is 5.97 Å². The number of carboxylic acids is 1. The SMILES string of the molecule is C=C(C)C(=O)O.[Yb]. The molecule has 0 rings (SSSR count). The van der Waals surface area contributed by atoms with Gasteiger partial charge in [-0.3, -0.25) is 0 Å². The van der Waals surface area contributed by atoms with E-state index in [2.05, 4.69) is 6.58 Å². The van der Waals surface area contributed by atoms with Crippen molar-refractivity contribution in [3.8, 4) is 0 Å². The molecule has 0 unspecified atom stereocenters. The summed E-state index contributed by atoms with van der Waals surface area (Å²) in [4.78, 5) is 9.60. The normalized spacial score (nSPS) is 6.43. The van der Waals surface area contributed by atoms with E-state index in [1.165, 1.54) is 6.92 Å². The van der Waals surface area contributed by atoms with Crippen LogP contribution in [0.4, 0.5) is 0 Å². The van der Waals surface area contributed by atoms with Gasteiger partial charge in [0, 0.05) is 52.5 Å². The maximum absolute atomic E-state index is 9.60. The van der Waals surface area contributed by atoms with Crippen molar-refractivity contribution in [2.75, 3.05) is 0 Å². The second kappa shape index (κ2) is 4.88. The van der Waals surface area contributed by atoms with Crippen LogP contribution in [0.5, 0.6) is 0 Å². The number of rotatable bonds is 1. The predicted molar refractivity (Wildman–Crippen MR) is 22.4 cm³/mol. The van der Waals surface area contributed by atoms with Gasteiger partial charge in [-0.2, -0.15) is 0 Å². The van der Waals surface area contributed by atoms with Gasteiger partial charge in [0.15, 0.2) is 0 Å². The van der Waals surface area contributed by atoms with Crippen molar-refractivity contribution < 1.29 is 56.8 Å². The maximum atomic E-state index is 9.60. The van der Waals surface area contributed by atoms with E-state index >= 15 is 0 Å². The van der Waals surface area contributed by atoms with E-state index in [-0.39, 0.29) is 52.5 Å². The van der Waals surface area contributed by atoms with Crippen molar-refractivity contribution in [1.82, 2.24) is 0 Å². The molecule has 0 amide bonds. The fraction of sp³-hybridized carbons (Fsp3) is 0.250. The zero-order valence-electron chi connectivity index (χ0n) is 3.83. The molecule has 0 heterocycles. The number of hydrogen-bond donors (Lipinski definition) is 1. The van der Waals surface area contributed by atoms with Crippen LogP contribution in [0.2, 0.25) is 0 Å². The average molecular weight is 259 g/mol. The first-order valence-corrected chi connectivity index (χ1v) is 1.53. The molecule has 0 spiro atoms. The molecular formula is C4H6O2Yb. The van der Waals surface area contributed by atoms with E-state index in [9.17, 15) is 4.79 Å². The van der Waals surface area contributed by atoms with Crippen LogP contribution in [0.25, 0.3) is 0 Å². The smallest absolute Gasteiger partial charge is 0.330 e. The van der Waals surface area contributed by atoms with E-state index in [1.807, 2.05) is 0 Å². The summed E-state index contributed by atoms with van der Waals surface area (Å²) in [6.07, 6.45) is 0. The van der Waals surface area contributed by atoms with Gasteiger partial charge in [-0.05, 0) is 6.92 Å². The van der Waals surface area contributed by atoms with Crippen molar-refractivity contribution in [1.29, 1.82) is 0 Å². The predicted octanol–water partition coefficient (Wildman–Crippen LogP) is 0.647. The third-order valence-electron chi connectivity index (χ3n) is 0.365.